The molecule has 0 N–H and O–H groups in total. The van der Waals surface area contributed by atoms with Gasteiger partial charge in [0, 0.05) is 19.3 Å². The number of rotatable bonds is 3. The number of pyridine rings is 1. The molecule has 0 bridgehead atoms. The van der Waals surface area contributed by atoms with Crippen molar-refractivity contribution in [3.8, 4) is 0 Å². The second-order valence-corrected chi connectivity index (χ2v) is 6.23. The van der Waals surface area contributed by atoms with E-state index in [2.05, 4.69) is 17.1 Å². The molecular weight excluding hydrogens is 272 g/mol. The molecule has 1 aliphatic rings. The lowest BCUT2D eigenvalue weighted by molar-refractivity contribution is -0.130. The van der Waals surface area contributed by atoms with Gasteiger partial charge in [0.2, 0.25) is 5.91 Å². The number of thioether (sulfide) groups is 1. The predicted octanol–water partition coefficient (Wildman–Crippen LogP) is 2.08. The van der Waals surface area contributed by atoms with Crippen molar-refractivity contribution >= 4 is 23.3 Å². The smallest absolute Gasteiger partial charge is 0.233 e. The lowest BCUT2D eigenvalue weighted by Gasteiger charge is -2.30. The van der Waals surface area contributed by atoms with Crippen molar-refractivity contribution in [1.29, 1.82) is 0 Å². The SMILES string of the molecule is C[C@@H]1CCCN(C(=O)CSc2nnc3ccccn23)C1. The van der Waals surface area contributed by atoms with Crippen LogP contribution in [-0.4, -0.2) is 44.2 Å². The van der Waals surface area contributed by atoms with Gasteiger partial charge in [-0.1, -0.05) is 24.8 Å². The zero-order valence-corrected chi connectivity index (χ0v) is 12.3. The molecule has 1 atom stereocenters. The van der Waals surface area contributed by atoms with E-state index >= 15 is 0 Å². The van der Waals surface area contributed by atoms with Crippen LogP contribution in [0.2, 0.25) is 0 Å². The zero-order valence-electron chi connectivity index (χ0n) is 11.5. The van der Waals surface area contributed by atoms with Crippen molar-refractivity contribution in [2.45, 2.75) is 24.9 Å². The third kappa shape index (κ3) is 2.80. The van der Waals surface area contributed by atoms with Crippen LogP contribution in [0.1, 0.15) is 19.8 Å². The van der Waals surface area contributed by atoms with E-state index in [-0.39, 0.29) is 5.91 Å². The molecule has 3 heterocycles. The molecule has 6 heteroatoms. The number of hydrogen-bond acceptors (Lipinski definition) is 4. The number of hydrogen-bond donors (Lipinski definition) is 0. The first kappa shape index (κ1) is 13.4. The van der Waals surface area contributed by atoms with Crippen LogP contribution in [0.3, 0.4) is 0 Å². The molecule has 5 nitrogen and oxygen atoms in total. The third-order valence-corrected chi connectivity index (χ3v) is 4.54. The summed E-state index contributed by atoms with van der Waals surface area (Å²) in [6.07, 6.45) is 4.27. The third-order valence-electron chi connectivity index (χ3n) is 3.62. The first-order chi connectivity index (χ1) is 9.74. The molecule has 0 aliphatic carbocycles. The molecule has 0 saturated carbocycles. The number of carbonyl (C=O) groups excluding carboxylic acids is 1. The molecule has 0 spiro atoms. The van der Waals surface area contributed by atoms with Crippen LogP contribution in [-0.2, 0) is 4.79 Å². The predicted molar refractivity (Wildman–Crippen MR) is 78.7 cm³/mol. The summed E-state index contributed by atoms with van der Waals surface area (Å²) in [5, 5.41) is 9.00. The standard InChI is InChI=1S/C14H18N4OS/c1-11-5-4-7-17(9-11)13(19)10-20-14-16-15-12-6-2-3-8-18(12)14/h2-3,6,8,11H,4-5,7,9-10H2,1H3/t11-/m1/s1. The maximum Gasteiger partial charge on any atom is 0.233 e. The van der Waals surface area contributed by atoms with E-state index in [1.807, 2.05) is 33.7 Å². The number of amides is 1. The first-order valence-electron chi connectivity index (χ1n) is 6.94. The molecule has 2 aromatic rings. The molecular formula is C14H18N4OS. The Morgan fingerprint density at radius 1 is 1.45 bits per heavy atom. The first-order valence-corrected chi connectivity index (χ1v) is 7.93. The van der Waals surface area contributed by atoms with Gasteiger partial charge < -0.3 is 4.90 Å². The Hall–Kier alpha value is -1.56. The normalized spacial score (nSPS) is 19.4. The lowest BCUT2D eigenvalue weighted by atomic mass is 10.0. The maximum atomic E-state index is 12.2. The summed E-state index contributed by atoms with van der Waals surface area (Å²) in [5.74, 6) is 1.25. The fourth-order valence-electron chi connectivity index (χ4n) is 2.55. The minimum atomic E-state index is 0.203. The van der Waals surface area contributed by atoms with Crippen molar-refractivity contribution < 1.29 is 4.79 Å². The molecule has 0 aromatic carbocycles. The number of carbonyl (C=O) groups is 1. The maximum absolute atomic E-state index is 12.2. The number of fused-ring (bicyclic) bond motifs is 1. The highest BCUT2D eigenvalue weighted by molar-refractivity contribution is 7.99. The van der Waals surface area contributed by atoms with E-state index in [4.69, 9.17) is 0 Å². The van der Waals surface area contributed by atoms with Crippen molar-refractivity contribution in [1.82, 2.24) is 19.5 Å². The molecule has 3 rings (SSSR count). The van der Waals surface area contributed by atoms with E-state index in [0.29, 0.717) is 11.7 Å². The highest BCUT2D eigenvalue weighted by atomic mass is 32.2. The Labute approximate surface area is 122 Å². The minimum absolute atomic E-state index is 0.203. The molecule has 106 valence electrons. The monoisotopic (exact) mass is 290 g/mol. The van der Waals surface area contributed by atoms with Crippen molar-refractivity contribution in [3.63, 3.8) is 0 Å². The summed E-state index contributed by atoms with van der Waals surface area (Å²) < 4.78 is 1.91. The Kier molecular flexibility index (Phi) is 3.91. The number of likely N-dealkylation sites (tertiary alicyclic amines) is 1. The molecule has 20 heavy (non-hydrogen) atoms. The Balaban J connectivity index is 1.63. The average Bonchev–Trinajstić information content (AvgIpc) is 2.88. The molecule has 1 amide bonds. The van der Waals surface area contributed by atoms with Crippen LogP contribution < -0.4 is 0 Å². The van der Waals surface area contributed by atoms with Gasteiger partial charge in [-0.25, -0.2) is 0 Å². The van der Waals surface area contributed by atoms with E-state index in [1.54, 1.807) is 0 Å². The lowest BCUT2D eigenvalue weighted by Crippen LogP contribution is -2.40. The average molecular weight is 290 g/mol. The van der Waals surface area contributed by atoms with Gasteiger partial charge in [0.15, 0.2) is 10.8 Å². The second-order valence-electron chi connectivity index (χ2n) is 5.29. The van der Waals surface area contributed by atoms with E-state index in [0.717, 1.165) is 30.3 Å². The molecule has 0 radical (unpaired) electrons. The van der Waals surface area contributed by atoms with Crippen LogP contribution in [0.4, 0.5) is 0 Å². The van der Waals surface area contributed by atoms with Crippen LogP contribution in [0.15, 0.2) is 29.6 Å². The van der Waals surface area contributed by atoms with Gasteiger partial charge in [-0.3, -0.25) is 9.20 Å². The minimum Gasteiger partial charge on any atom is -0.342 e. The molecule has 2 aromatic heterocycles. The van der Waals surface area contributed by atoms with Crippen LogP contribution >= 0.6 is 11.8 Å². The fourth-order valence-corrected chi connectivity index (χ4v) is 3.38. The summed E-state index contributed by atoms with van der Waals surface area (Å²) >= 11 is 1.46. The summed E-state index contributed by atoms with van der Waals surface area (Å²) in [6, 6.07) is 5.78. The summed E-state index contributed by atoms with van der Waals surface area (Å²) in [4.78, 5) is 14.2. The van der Waals surface area contributed by atoms with Crippen molar-refractivity contribution in [2.24, 2.45) is 5.92 Å². The molecule has 1 aliphatic heterocycles. The van der Waals surface area contributed by atoms with E-state index in [9.17, 15) is 4.79 Å². The summed E-state index contributed by atoms with van der Waals surface area (Å²) in [7, 11) is 0. The molecule has 0 unspecified atom stereocenters. The van der Waals surface area contributed by atoms with Gasteiger partial charge >= 0.3 is 0 Å². The Morgan fingerprint density at radius 3 is 3.20 bits per heavy atom. The highest BCUT2D eigenvalue weighted by Crippen LogP contribution is 2.20. The van der Waals surface area contributed by atoms with Gasteiger partial charge in [0.1, 0.15) is 0 Å². The largest absolute Gasteiger partial charge is 0.342 e. The zero-order chi connectivity index (χ0) is 13.9. The Bertz CT molecular complexity index is 612. The number of nitrogens with zero attached hydrogens (tertiary/aromatic N) is 4. The van der Waals surface area contributed by atoms with Crippen LogP contribution in [0.5, 0.6) is 0 Å². The number of aromatic nitrogens is 3. The fraction of sp³-hybridized carbons (Fsp3) is 0.500. The Morgan fingerprint density at radius 2 is 2.35 bits per heavy atom. The molecule has 1 saturated heterocycles. The van der Waals surface area contributed by atoms with Gasteiger partial charge in [0.05, 0.1) is 5.75 Å². The van der Waals surface area contributed by atoms with Gasteiger partial charge in [-0.2, -0.15) is 0 Å². The number of piperidine rings is 1. The summed E-state index contributed by atoms with van der Waals surface area (Å²) in [6.45, 7) is 3.99. The van der Waals surface area contributed by atoms with Gasteiger partial charge in [-0.05, 0) is 30.9 Å². The van der Waals surface area contributed by atoms with E-state index in [1.165, 1.54) is 18.2 Å². The second kappa shape index (κ2) is 5.83. The van der Waals surface area contributed by atoms with Crippen molar-refractivity contribution in [2.75, 3.05) is 18.8 Å². The van der Waals surface area contributed by atoms with Crippen LogP contribution in [0.25, 0.3) is 5.65 Å². The van der Waals surface area contributed by atoms with Crippen LogP contribution in [0, 0.1) is 5.92 Å². The highest BCUT2D eigenvalue weighted by Gasteiger charge is 2.21. The van der Waals surface area contributed by atoms with E-state index < -0.39 is 0 Å². The topological polar surface area (TPSA) is 50.5 Å². The van der Waals surface area contributed by atoms with Gasteiger partial charge in [-0.15, -0.1) is 10.2 Å². The molecule has 1 fully saturated rings. The quantitative estimate of drug-likeness (QED) is 0.812. The summed E-state index contributed by atoms with van der Waals surface area (Å²) in [5.41, 5.74) is 0.814. The van der Waals surface area contributed by atoms with Gasteiger partial charge in [0.25, 0.3) is 0 Å². The van der Waals surface area contributed by atoms with Crippen molar-refractivity contribution in [3.05, 3.63) is 24.4 Å².